The van der Waals surface area contributed by atoms with Gasteiger partial charge in [0.1, 0.15) is 0 Å². The van der Waals surface area contributed by atoms with Gasteiger partial charge < -0.3 is 4.74 Å². The van der Waals surface area contributed by atoms with E-state index in [1.165, 1.54) is 0 Å². The second-order valence-corrected chi connectivity index (χ2v) is 3.25. The van der Waals surface area contributed by atoms with Crippen molar-refractivity contribution >= 4 is 34.2 Å². The lowest BCUT2D eigenvalue weighted by Crippen LogP contribution is -2.28. The van der Waals surface area contributed by atoms with Gasteiger partial charge in [0.05, 0.1) is 6.61 Å². The van der Waals surface area contributed by atoms with Crippen molar-refractivity contribution in [1.82, 2.24) is 0 Å². The minimum Gasteiger partial charge on any atom is -0.332 e. The van der Waals surface area contributed by atoms with E-state index < -0.39 is 10.3 Å². The number of alkyl halides is 5. The first kappa shape index (κ1) is 10.8. The summed E-state index contributed by atoms with van der Waals surface area (Å²) in [4.78, 5) is 0. The van der Waals surface area contributed by atoms with Crippen molar-refractivity contribution < 1.29 is 17.9 Å². The summed E-state index contributed by atoms with van der Waals surface area (Å²) < 4.78 is 36.7. The monoisotopic (exact) mass is 288 g/mol. The zero-order chi connectivity index (χ0) is 8.20. The van der Waals surface area contributed by atoms with Crippen LogP contribution in [0.2, 0.25) is 0 Å². The smallest absolute Gasteiger partial charge is 0.321 e. The molecule has 0 spiro atoms. The Labute approximate surface area is 75.0 Å². The molecule has 0 amide bonds. The Balaban J connectivity index is 3.63. The Bertz CT molecular complexity index is 101. The average molecular weight is 288 g/mol. The summed E-state index contributed by atoms with van der Waals surface area (Å²) in [6.07, 6.45) is -3.14. The standard InChI is InChI=1S/C4H5ClF3IO/c5-1-2-10-4(8,9)3(6)7/h3H,1-2H2. The van der Waals surface area contributed by atoms with Gasteiger partial charge in [-0.05, 0) is 22.6 Å². The van der Waals surface area contributed by atoms with Gasteiger partial charge in [0, 0.05) is 5.88 Å². The van der Waals surface area contributed by atoms with Crippen LogP contribution in [0.25, 0.3) is 0 Å². The van der Waals surface area contributed by atoms with E-state index in [0.717, 1.165) is 22.6 Å². The van der Waals surface area contributed by atoms with Gasteiger partial charge in [-0.1, -0.05) is 0 Å². The Morgan fingerprint density at radius 1 is 1.60 bits per heavy atom. The van der Waals surface area contributed by atoms with Gasteiger partial charge in [-0.15, -0.1) is 11.6 Å². The molecule has 0 heterocycles. The van der Waals surface area contributed by atoms with E-state index in [4.69, 9.17) is 11.6 Å². The summed E-state index contributed by atoms with van der Waals surface area (Å²) in [6, 6.07) is 0. The van der Waals surface area contributed by atoms with Gasteiger partial charge >= 0.3 is 10.3 Å². The highest BCUT2D eigenvalue weighted by Crippen LogP contribution is 2.29. The highest BCUT2D eigenvalue weighted by Gasteiger charge is 2.38. The van der Waals surface area contributed by atoms with E-state index in [2.05, 4.69) is 4.74 Å². The number of rotatable bonds is 4. The van der Waals surface area contributed by atoms with Crippen LogP contribution < -0.4 is 0 Å². The molecule has 0 fully saturated rings. The minimum atomic E-state index is -3.14. The third kappa shape index (κ3) is 3.82. The van der Waals surface area contributed by atoms with Crippen LogP contribution in [0.15, 0.2) is 0 Å². The predicted octanol–water partition coefficient (Wildman–Crippen LogP) is 2.57. The molecule has 10 heavy (non-hydrogen) atoms. The van der Waals surface area contributed by atoms with Crippen molar-refractivity contribution in [3.63, 3.8) is 0 Å². The maximum atomic E-state index is 12.4. The van der Waals surface area contributed by atoms with E-state index in [9.17, 15) is 13.2 Å². The third-order valence-electron chi connectivity index (χ3n) is 0.626. The van der Waals surface area contributed by atoms with Gasteiger partial charge in [0.15, 0.2) is 0 Å². The molecule has 0 N–H and O–H groups in total. The highest BCUT2D eigenvalue weighted by atomic mass is 127. The van der Waals surface area contributed by atoms with Crippen molar-refractivity contribution in [3.05, 3.63) is 0 Å². The number of halogens is 5. The number of hydrogen-bond donors (Lipinski definition) is 0. The Hall–Kier alpha value is 0.770. The molecule has 1 nitrogen and oxygen atoms in total. The predicted molar refractivity (Wildman–Crippen MR) is 40.5 cm³/mol. The molecule has 0 rings (SSSR count). The molecule has 1 atom stereocenters. The van der Waals surface area contributed by atoms with Crippen molar-refractivity contribution in [3.8, 4) is 0 Å². The molecule has 1 unspecified atom stereocenters. The SMILES string of the molecule is FC(F)C(F)(I)OCCCl. The number of hydrogen-bond acceptors (Lipinski definition) is 1. The van der Waals surface area contributed by atoms with Gasteiger partial charge in [0.2, 0.25) is 0 Å². The first-order valence-corrected chi connectivity index (χ1v) is 3.98. The summed E-state index contributed by atoms with van der Waals surface area (Å²) in [5.74, 6) is 0.00138. The topological polar surface area (TPSA) is 9.23 Å². The summed E-state index contributed by atoms with van der Waals surface area (Å²) in [5, 5.41) is 0. The minimum absolute atomic E-state index is 0.00138. The molecule has 0 aliphatic rings. The van der Waals surface area contributed by atoms with Crippen LogP contribution in [-0.4, -0.2) is 22.8 Å². The zero-order valence-electron chi connectivity index (χ0n) is 4.79. The Morgan fingerprint density at radius 3 is 2.40 bits per heavy atom. The van der Waals surface area contributed by atoms with Gasteiger partial charge in [0.25, 0.3) is 0 Å². The molecule has 0 saturated heterocycles. The molecular weight excluding hydrogens is 283 g/mol. The highest BCUT2D eigenvalue weighted by molar-refractivity contribution is 14.1. The second-order valence-electron chi connectivity index (χ2n) is 1.40. The van der Waals surface area contributed by atoms with Gasteiger partial charge in [-0.2, -0.15) is 4.39 Å². The first-order chi connectivity index (χ1) is 4.50. The first-order valence-electron chi connectivity index (χ1n) is 2.36. The van der Waals surface area contributed by atoms with Crippen LogP contribution >= 0.6 is 34.2 Å². The zero-order valence-corrected chi connectivity index (χ0v) is 7.70. The maximum absolute atomic E-state index is 12.4. The van der Waals surface area contributed by atoms with Crippen molar-refractivity contribution in [2.75, 3.05) is 12.5 Å². The number of ether oxygens (including phenoxy) is 1. The van der Waals surface area contributed by atoms with Crippen LogP contribution in [0.4, 0.5) is 13.2 Å². The summed E-state index contributed by atoms with van der Waals surface area (Å²) in [6.45, 7) is -0.217. The molecule has 0 aliphatic carbocycles. The van der Waals surface area contributed by atoms with E-state index in [-0.39, 0.29) is 12.5 Å². The van der Waals surface area contributed by atoms with Crippen LogP contribution in [0.1, 0.15) is 0 Å². The lowest BCUT2D eigenvalue weighted by molar-refractivity contribution is -0.138. The lowest BCUT2D eigenvalue weighted by atomic mass is 10.7. The van der Waals surface area contributed by atoms with Crippen LogP contribution in [0.5, 0.6) is 0 Å². The summed E-state index contributed by atoms with van der Waals surface area (Å²) >= 11 is 5.96. The fourth-order valence-corrected chi connectivity index (χ4v) is 0.535. The van der Waals surface area contributed by atoms with Crippen LogP contribution in [0, 0.1) is 0 Å². The third-order valence-corrected chi connectivity index (χ3v) is 1.56. The Morgan fingerprint density at radius 2 is 2.10 bits per heavy atom. The fourth-order valence-electron chi connectivity index (χ4n) is 0.238. The van der Waals surface area contributed by atoms with Crippen molar-refractivity contribution in [2.45, 2.75) is 10.3 Å². The molecule has 0 aromatic rings. The van der Waals surface area contributed by atoms with Gasteiger partial charge in [-0.3, -0.25) is 0 Å². The van der Waals surface area contributed by atoms with Crippen LogP contribution in [-0.2, 0) is 4.74 Å². The maximum Gasteiger partial charge on any atom is 0.321 e. The second kappa shape index (κ2) is 4.61. The fraction of sp³-hybridized carbons (Fsp3) is 1.00. The Kier molecular flexibility index (Phi) is 4.96. The average Bonchev–Trinajstić information content (AvgIpc) is 1.84. The molecule has 0 bridgehead atoms. The lowest BCUT2D eigenvalue weighted by Gasteiger charge is -2.16. The van der Waals surface area contributed by atoms with E-state index in [0.29, 0.717) is 0 Å². The van der Waals surface area contributed by atoms with Crippen LogP contribution in [0.3, 0.4) is 0 Å². The van der Waals surface area contributed by atoms with E-state index >= 15 is 0 Å². The molecular formula is C4H5ClF3IO. The molecule has 0 saturated carbocycles. The van der Waals surface area contributed by atoms with Crippen molar-refractivity contribution in [2.24, 2.45) is 0 Å². The molecule has 0 aliphatic heterocycles. The normalized spacial score (nSPS) is 17.4. The van der Waals surface area contributed by atoms with E-state index in [1.54, 1.807) is 0 Å². The molecule has 0 radical (unpaired) electrons. The largest absolute Gasteiger partial charge is 0.332 e. The molecule has 0 aromatic carbocycles. The van der Waals surface area contributed by atoms with E-state index in [1.807, 2.05) is 0 Å². The quantitative estimate of drug-likeness (QED) is 0.571. The van der Waals surface area contributed by atoms with Crippen molar-refractivity contribution in [1.29, 1.82) is 0 Å². The molecule has 0 aromatic heterocycles. The molecule has 6 heteroatoms. The molecule has 62 valence electrons. The summed E-state index contributed by atoms with van der Waals surface area (Å²) in [5.41, 5.74) is 0. The van der Waals surface area contributed by atoms with Gasteiger partial charge in [-0.25, -0.2) is 8.78 Å². The summed E-state index contributed by atoms with van der Waals surface area (Å²) in [7, 11) is 0.